The van der Waals surface area contributed by atoms with Crippen LogP contribution in [0.2, 0.25) is 0 Å². The first kappa shape index (κ1) is 18.8. The Morgan fingerprint density at radius 2 is 1.03 bits per heavy atom. The second-order valence-electron chi connectivity index (χ2n) is 9.28. The van der Waals surface area contributed by atoms with Crippen molar-refractivity contribution in [3.05, 3.63) is 107 Å². The minimum Gasteiger partial charge on any atom is -0.319 e. The van der Waals surface area contributed by atoms with E-state index in [1.807, 2.05) is 45.4 Å². The third-order valence-electron chi connectivity index (χ3n) is 7.37. The lowest BCUT2D eigenvalue weighted by atomic mass is 10.0. The van der Waals surface area contributed by atoms with Crippen LogP contribution in [-0.4, -0.2) is 27.0 Å². The summed E-state index contributed by atoms with van der Waals surface area (Å²) in [5.41, 5.74) is 3.49. The number of benzene rings is 4. The maximum absolute atomic E-state index is 7.28. The van der Waals surface area contributed by atoms with E-state index >= 15 is 0 Å². The van der Waals surface area contributed by atoms with E-state index < -0.39 is 6.40 Å². The Morgan fingerprint density at radius 1 is 0.528 bits per heavy atom. The molecule has 8 heteroatoms. The third-order valence-corrected chi connectivity index (χ3v) is 7.76. The summed E-state index contributed by atoms with van der Waals surface area (Å²) in [6.07, 6.45) is -0.578. The van der Waals surface area contributed by atoms with Gasteiger partial charge in [-0.15, -0.1) is 11.5 Å². The largest absolute Gasteiger partial charge is 0.499 e. The van der Waals surface area contributed by atoms with Gasteiger partial charge in [0.05, 0.1) is 0 Å². The lowest BCUT2D eigenvalue weighted by molar-refractivity contribution is 0.938. The molecule has 0 spiro atoms. The van der Waals surface area contributed by atoms with Crippen molar-refractivity contribution in [3.8, 4) is 0 Å². The van der Waals surface area contributed by atoms with Crippen molar-refractivity contribution in [1.82, 2.24) is 8.96 Å². The molecule has 2 aromatic heterocycles. The Hall–Kier alpha value is -4.49. The number of amidine groups is 2. The third kappa shape index (κ3) is 2.20. The predicted octanol–water partition coefficient (Wildman–Crippen LogP) is 5.11. The number of halogens is 1. The van der Waals surface area contributed by atoms with Crippen LogP contribution >= 0.6 is 11.5 Å². The molecule has 3 aliphatic rings. The summed E-state index contributed by atoms with van der Waals surface area (Å²) in [5, 5.41) is 6.29. The SMILES string of the molecule is ClB1n2c3c4ccccc4c2N=c2c4ccccc4c(n21)=NC1=NC(=N3)c2cc3ccccc3cc21. The van der Waals surface area contributed by atoms with Crippen LogP contribution in [0.15, 0.2) is 105 Å². The van der Waals surface area contributed by atoms with E-state index in [0.717, 1.165) is 66.1 Å². The van der Waals surface area contributed by atoms with Crippen LogP contribution < -0.4 is 11.0 Å². The molecular formula is C28H14BClN6. The molecule has 0 unspecified atom stereocenters. The van der Waals surface area contributed by atoms with Gasteiger partial charge in [0.1, 0.15) is 22.6 Å². The van der Waals surface area contributed by atoms with Gasteiger partial charge in [-0.2, -0.15) is 0 Å². The smallest absolute Gasteiger partial charge is 0.319 e. The lowest BCUT2D eigenvalue weighted by Gasteiger charge is -2.18. The van der Waals surface area contributed by atoms with Gasteiger partial charge in [0.2, 0.25) is 0 Å². The minimum absolute atomic E-state index is 0.578. The summed E-state index contributed by atoms with van der Waals surface area (Å²) in [6.45, 7) is 0. The molecule has 166 valence electrons. The van der Waals surface area contributed by atoms with Crippen molar-refractivity contribution in [1.29, 1.82) is 0 Å². The maximum Gasteiger partial charge on any atom is 0.499 e. The Morgan fingerprint density at radius 3 is 1.67 bits per heavy atom. The van der Waals surface area contributed by atoms with Gasteiger partial charge in [-0.1, -0.05) is 72.8 Å². The fourth-order valence-corrected chi connectivity index (χ4v) is 6.11. The maximum atomic E-state index is 7.28. The van der Waals surface area contributed by atoms with Crippen molar-refractivity contribution >= 4 is 73.5 Å². The van der Waals surface area contributed by atoms with Gasteiger partial charge < -0.3 is 8.96 Å². The molecule has 0 fully saturated rings. The summed E-state index contributed by atoms with van der Waals surface area (Å²) in [4.78, 5) is 20.4. The van der Waals surface area contributed by atoms with Crippen LogP contribution in [0.5, 0.6) is 0 Å². The van der Waals surface area contributed by atoms with E-state index in [1.165, 1.54) is 0 Å². The van der Waals surface area contributed by atoms with Crippen molar-refractivity contribution < 1.29 is 0 Å². The number of rotatable bonds is 0. The zero-order valence-corrected chi connectivity index (χ0v) is 19.5. The Labute approximate surface area is 209 Å². The van der Waals surface area contributed by atoms with Crippen LogP contribution in [0.3, 0.4) is 0 Å². The molecule has 0 saturated heterocycles. The molecule has 4 aromatic carbocycles. The van der Waals surface area contributed by atoms with Gasteiger partial charge in [0.25, 0.3) is 0 Å². The van der Waals surface area contributed by atoms with E-state index in [9.17, 15) is 0 Å². The van der Waals surface area contributed by atoms with Gasteiger partial charge in [-0.25, -0.2) is 20.0 Å². The van der Waals surface area contributed by atoms with Crippen molar-refractivity contribution in [2.45, 2.75) is 0 Å². The van der Waals surface area contributed by atoms with Gasteiger partial charge >= 0.3 is 6.40 Å². The molecule has 5 heterocycles. The first-order valence-corrected chi connectivity index (χ1v) is 12.2. The van der Waals surface area contributed by atoms with Crippen LogP contribution in [0, 0.1) is 0 Å². The zero-order chi connectivity index (χ0) is 23.5. The second kappa shape index (κ2) is 6.39. The quantitative estimate of drug-likeness (QED) is 0.271. The summed E-state index contributed by atoms with van der Waals surface area (Å²) in [7, 11) is 0. The van der Waals surface area contributed by atoms with Crippen LogP contribution in [-0.2, 0) is 0 Å². The van der Waals surface area contributed by atoms with Gasteiger partial charge in [-0.05, 0) is 22.9 Å². The predicted molar refractivity (Wildman–Crippen MR) is 145 cm³/mol. The minimum atomic E-state index is -0.578. The fourth-order valence-electron chi connectivity index (χ4n) is 5.74. The second-order valence-corrected chi connectivity index (χ2v) is 9.67. The van der Waals surface area contributed by atoms with E-state index in [1.54, 1.807) is 0 Å². The van der Waals surface area contributed by atoms with Crippen molar-refractivity contribution in [2.75, 3.05) is 0 Å². The van der Waals surface area contributed by atoms with E-state index in [4.69, 9.17) is 31.4 Å². The van der Waals surface area contributed by atoms with Crippen molar-refractivity contribution in [3.63, 3.8) is 0 Å². The molecule has 0 amide bonds. The first-order chi connectivity index (χ1) is 17.8. The summed E-state index contributed by atoms with van der Waals surface area (Å²) >= 11 is 7.28. The highest BCUT2D eigenvalue weighted by molar-refractivity contribution is 7.05. The van der Waals surface area contributed by atoms with Crippen LogP contribution in [0.4, 0.5) is 11.6 Å². The number of nitrogens with zero attached hydrogens (tertiary/aromatic N) is 6. The number of hydrogen-bond acceptors (Lipinski definition) is 4. The lowest BCUT2D eigenvalue weighted by Crippen LogP contribution is -2.44. The molecule has 36 heavy (non-hydrogen) atoms. The molecule has 0 N–H and O–H groups in total. The molecule has 9 rings (SSSR count). The van der Waals surface area contributed by atoms with Crippen LogP contribution in [0.1, 0.15) is 11.1 Å². The van der Waals surface area contributed by atoms with Gasteiger partial charge in [0.15, 0.2) is 11.7 Å². The van der Waals surface area contributed by atoms with Gasteiger partial charge in [0, 0.05) is 32.7 Å². The van der Waals surface area contributed by atoms with Gasteiger partial charge in [-0.3, -0.25) is 0 Å². The molecule has 4 bridgehead atoms. The average molecular weight is 481 g/mol. The standard InChI is InChI=1S/C28H14BClN6/c30-29-35-25-17-9-3-5-11-19(17)27(35)34-28-20-12-6-4-10-18(20)26(36(28)29)33-24-22-14-16-8-2-1-7-15(16)13-21(22)23(31-24)32-25/h1-14H. The Balaban J connectivity index is 1.55. The van der Waals surface area contributed by atoms with Crippen molar-refractivity contribution in [2.24, 2.45) is 20.0 Å². The number of hydrogen-bond donors (Lipinski definition) is 0. The zero-order valence-electron chi connectivity index (χ0n) is 18.7. The molecule has 6 nitrogen and oxygen atoms in total. The summed E-state index contributed by atoms with van der Waals surface area (Å²) in [6, 6.07) is 29.0. The monoisotopic (exact) mass is 480 g/mol. The Kier molecular flexibility index (Phi) is 3.33. The summed E-state index contributed by atoms with van der Waals surface area (Å²) in [5.74, 6) is 2.83. The number of aliphatic imine (C=N–C) groups is 2. The molecule has 3 aliphatic heterocycles. The molecule has 0 radical (unpaired) electrons. The Bertz CT molecular complexity index is 2190. The average Bonchev–Trinajstić information content (AvgIpc) is 3.53. The molecule has 0 atom stereocenters. The molecular weight excluding hydrogens is 467 g/mol. The van der Waals surface area contributed by atoms with Crippen LogP contribution in [0.25, 0.3) is 32.3 Å². The topological polar surface area (TPSA) is 59.3 Å². The van der Waals surface area contributed by atoms with E-state index in [0.29, 0.717) is 11.7 Å². The highest BCUT2D eigenvalue weighted by Gasteiger charge is 2.35. The normalized spacial score (nSPS) is 15.0. The molecule has 6 aromatic rings. The highest BCUT2D eigenvalue weighted by atomic mass is 35.5. The number of fused-ring (bicyclic) bond motifs is 11. The van der Waals surface area contributed by atoms with E-state index in [-0.39, 0.29) is 0 Å². The fraction of sp³-hybridized carbons (Fsp3) is 0. The first-order valence-electron chi connectivity index (χ1n) is 11.8. The molecule has 0 saturated carbocycles. The molecule has 0 aliphatic carbocycles. The number of aromatic nitrogens is 2. The van der Waals surface area contributed by atoms with E-state index in [2.05, 4.69) is 48.5 Å². The highest BCUT2D eigenvalue weighted by Crippen LogP contribution is 2.41. The summed E-state index contributed by atoms with van der Waals surface area (Å²) < 4.78 is 4.01.